The first kappa shape index (κ1) is 10.1. The third-order valence-corrected chi connectivity index (χ3v) is 1.33. The van der Waals surface area contributed by atoms with Gasteiger partial charge in [-0.1, -0.05) is 11.6 Å². The molecule has 6 heteroatoms. The summed E-state index contributed by atoms with van der Waals surface area (Å²) in [5.41, 5.74) is 0.367. The second-order valence-corrected chi connectivity index (χ2v) is 2.75. The van der Waals surface area contributed by atoms with Gasteiger partial charge in [0.15, 0.2) is 0 Å². The maximum atomic E-state index is 11.7. The molecule has 0 bridgehead atoms. The van der Waals surface area contributed by atoms with Crippen molar-refractivity contribution in [1.82, 2.24) is 4.98 Å². The molecule has 2 nitrogen and oxygen atoms in total. The molecule has 0 spiro atoms. The lowest BCUT2D eigenvalue weighted by Gasteiger charge is -2.08. The van der Waals surface area contributed by atoms with Crippen LogP contribution in [-0.2, 0) is 0 Å². The molecule has 0 fully saturated rings. The zero-order valence-corrected chi connectivity index (χ0v) is 7.28. The molecule has 0 atom stereocenters. The Hall–Kier alpha value is -0.970. The van der Waals surface area contributed by atoms with Crippen LogP contribution < -0.4 is 4.74 Å². The van der Waals surface area contributed by atoms with Gasteiger partial charge in [0, 0.05) is 16.8 Å². The van der Waals surface area contributed by atoms with Gasteiger partial charge in [-0.3, -0.25) is 0 Å². The van der Waals surface area contributed by atoms with Crippen molar-refractivity contribution < 1.29 is 17.9 Å². The topological polar surface area (TPSA) is 22.1 Å². The Kier molecular flexibility index (Phi) is 2.66. The van der Waals surface area contributed by atoms with E-state index >= 15 is 0 Å². The Morgan fingerprint density at radius 3 is 2.46 bits per heavy atom. The average molecular weight is 212 g/mol. The van der Waals surface area contributed by atoms with E-state index in [9.17, 15) is 13.2 Å². The Balaban J connectivity index is 2.90. The average Bonchev–Trinajstić information content (AvgIpc) is 1.78. The molecule has 0 saturated carbocycles. The second-order valence-electron chi connectivity index (χ2n) is 2.31. The van der Waals surface area contributed by atoms with E-state index in [0.717, 1.165) is 6.07 Å². The maximum Gasteiger partial charge on any atom is 0.574 e. The minimum absolute atomic E-state index is 0.159. The van der Waals surface area contributed by atoms with Crippen LogP contribution in [0.5, 0.6) is 5.88 Å². The Morgan fingerprint density at radius 1 is 1.38 bits per heavy atom. The summed E-state index contributed by atoms with van der Waals surface area (Å²) >= 11 is 5.49. The van der Waals surface area contributed by atoms with Crippen molar-refractivity contribution >= 4 is 11.6 Å². The third-order valence-electron chi connectivity index (χ3n) is 1.11. The van der Waals surface area contributed by atoms with E-state index in [0.29, 0.717) is 5.69 Å². The van der Waals surface area contributed by atoms with Gasteiger partial charge in [-0.25, -0.2) is 4.98 Å². The predicted octanol–water partition coefficient (Wildman–Crippen LogP) is 2.94. The van der Waals surface area contributed by atoms with Crippen LogP contribution in [0.2, 0.25) is 5.02 Å². The monoisotopic (exact) mass is 211 g/mol. The second kappa shape index (κ2) is 3.41. The quantitative estimate of drug-likeness (QED) is 0.713. The van der Waals surface area contributed by atoms with Crippen LogP contribution >= 0.6 is 11.6 Å². The zero-order valence-electron chi connectivity index (χ0n) is 6.52. The molecule has 0 saturated heterocycles. The highest BCUT2D eigenvalue weighted by molar-refractivity contribution is 6.30. The number of aromatic nitrogens is 1. The van der Waals surface area contributed by atoms with Crippen molar-refractivity contribution in [2.45, 2.75) is 13.3 Å². The number of hydrogen-bond donors (Lipinski definition) is 0. The predicted molar refractivity (Wildman–Crippen MR) is 40.7 cm³/mol. The summed E-state index contributed by atoms with van der Waals surface area (Å²) < 4.78 is 38.7. The van der Waals surface area contributed by atoms with Crippen molar-refractivity contribution in [3.8, 4) is 5.88 Å². The lowest BCUT2D eigenvalue weighted by molar-refractivity contribution is -0.276. The van der Waals surface area contributed by atoms with E-state index in [1.54, 1.807) is 0 Å². The van der Waals surface area contributed by atoms with E-state index in [2.05, 4.69) is 9.72 Å². The van der Waals surface area contributed by atoms with E-state index < -0.39 is 12.2 Å². The molecule has 13 heavy (non-hydrogen) atoms. The Morgan fingerprint density at radius 2 is 2.00 bits per heavy atom. The largest absolute Gasteiger partial charge is 0.574 e. The smallest absolute Gasteiger partial charge is 0.388 e. The molecule has 0 aliphatic carbocycles. The maximum absolute atomic E-state index is 11.7. The molecule has 0 N–H and O–H groups in total. The summed E-state index contributed by atoms with van der Waals surface area (Å²) in [6.07, 6.45) is -4.73. The lowest BCUT2D eigenvalue weighted by Crippen LogP contribution is -2.18. The fourth-order valence-electron chi connectivity index (χ4n) is 0.768. The molecule has 0 unspecified atom stereocenters. The number of halogens is 4. The highest BCUT2D eigenvalue weighted by Gasteiger charge is 2.31. The van der Waals surface area contributed by atoms with Crippen LogP contribution in [0.15, 0.2) is 12.1 Å². The van der Waals surface area contributed by atoms with Gasteiger partial charge >= 0.3 is 6.36 Å². The molecule has 1 heterocycles. The molecule has 0 aliphatic rings. The van der Waals surface area contributed by atoms with E-state index in [1.165, 1.54) is 13.0 Å². The van der Waals surface area contributed by atoms with E-state index in [4.69, 9.17) is 11.6 Å². The van der Waals surface area contributed by atoms with Crippen molar-refractivity contribution in [1.29, 1.82) is 0 Å². The molecule has 72 valence electrons. The molecule has 0 radical (unpaired) electrons. The summed E-state index contributed by atoms with van der Waals surface area (Å²) in [6.45, 7) is 1.52. The van der Waals surface area contributed by atoms with Gasteiger partial charge in [0.1, 0.15) is 0 Å². The molecule has 1 aromatic heterocycles. The van der Waals surface area contributed by atoms with Crippen molar-refractivity contribution in [3.05, 3.63) is 22.8 Å². The normalized spacial score (nSPS) is 11.5. The highest BCUT2D eigenvalue weighted by Crippen LogP contribution is 2.23. The van der Waals surface area contributed by atoms with Gasteiger partial charge in [-0.2, -0.15) is 0 Å². The molecule has 0 amide bonds. The number of ether oxygens (including phenoxy) is 1. The van der Waals surface area contributed by atoms with Crippen LogP contribution in [0.3, 0.4) is 0 Å². The number of nitrogens with zero attached hydrogens (tertiary/aromatic N) is 1. The van der Waals surface area contributed by atoms with Crippen LogP contribution in [0.1, 0.15) is 5.69 Å². The van der Waals surface area contributed by atoms with Gasteiger partial charge < -0.3 is 4.74 Å². The SMILES string of the molecule is Cc1cc(Cl)cc(OC(F)(F)F)n1. The van der Waals surface area contributed by atoms with E-state index in [1.807, 2.05) is 0 Å². The van der Waals surface area contributed by atoms with Gasteiger partial charge in [0.2, 0.25) is 5.88 Å². The lowest BCUT2D eigenvalue weighted by atomic mass is 10.4. The standard InChI is InChI=1S/C7H5ClF3NO/c1-4-2-5(8)3-6(12-4)13-7(9,10)11/h2-3H,1H3. The van der Waals surface area contributed by atoms with Crippen molar-refractivity contribution in [3.63, 3.8) is 0 Å². The van der Waals surface area contributed by atoms with E-state index in [-0.39, 0.29) is 5.02 Å². The number of hydrogen-bond acceptors (Lipinski definition) is 2. The first-order valence-electron chi connectivity index (χ1n) is 3.27. The van der Waals surface area contributed by atoms with Crippen LogP contribution in [0.4, 0.5) is 13.2 Å². The summed E-state index contributed by atoms with van der Waals surface area (Å²) in [5.74, 6) is -0.544. The van der Waals surface area contributed by atoms with Crippen molar-refractivity contribution in [2.75, 3.05) is 0 Å². The first-order chi connectivity index (χ1) is 5.87. The van der Waals surface area contributed by atoms with Gasteiger partial charge in [0.05, 0.1) is 0 Å². The molecule has 0 aromatic carbocycles. The molecule has 1 aromatic rings. The Labute approximate surface area is 77.3 Å². The fraction of sp³-hybridized carbons (Fsp3) is 0.286. The highest BCUT2D eigenvalue weighted by atomic mass is 35.5. The van der Waals surface area contributed by atoms with Crippen molar-refractivity contribution in [2.24, 2.45) is 0 Å². The summed E-state index contributed by atoms with van der Waals surface area (Å²) in [7, 11) is 0. The minimum Gasteiger partial charge on any atom is -0.388 e. The Bertz CT molecular complexity index is 293. The van der Waals surface area contributed by atoms with Crippen LogP contribution in [0.25, 0.3) is 0 Å². The van der Waals surface area contributed by atoms with Crippen LogP contribution in [-0.4, -0.2) is 11.3 Å². The van der Waals surface area contributed by atoms with Crippen LogP contribution in [0, 0.1) is 6.92 Å². The number of rotatable bonds is 1. The fourth-order valence-corrected chi connectivity index (χ4v) is 1.02. The third kappa shape index (κ3) is 3.50. The molecular weight excluding hydrogens is 207 g/mol. The van der Waals surface area contributed by atoms with Gasteiger partial charge in [0.25, 0.3) is 0 Å². The van der Waals surface area contributed by atoms with Gasteiger partial charge in [-0.05, 0) is 13.0 Å². The number of pyridine rings is 1. The molecular formula is C7H5ClF3NO. The number of aryl methyl sites for hydroxylation is 1. The molecule has 1 rings (SSSR count). The zero-order chi connectivity index (χ0) is 10.1. The summed E-state index contributed by atoms with van der Waals surface area (Å²) in [6, 6.07) is 2.44. The summed E-state index contributed by atoms with van der Waals surface area (Å²) in [4.78, 5) is 3.49. The summed E-state index contributed by atoms with van der Waals surface area (Å²) in [5, 5.41) is 0.159. The van der Waals surface area contributed by atoms with Gasteiger partial charge in [-0.15, -0.1) is 13.2 Å². The minimum atomic E-state index is -4.73. The molecule has 0 aliphatic heterocycles. The first-order valence-corrected chi connectivity index (χ1v) is 3.64. The number of alkyl halides is 3.